The highest BCUT2D eigenvalue weighted by Gasteiger charge is 2.29. The molecule has 1 N–H and O–H groups in total. The van der Waals surface area contributed by atoms with Crippen LogP contribution >= 0.6 is 0 Å². The van der Waals surface area contributed by atoms with Crippen molar-refractivity contribution in [1.29, 1.82) is 0 Å². The fraction of sp³-hybridized carbons (Fsp3) is 0.458. The van der Waals surface area contributed by atoms with E-state index in [4.69, 9.17) is 0 Å². The first kappa shape index (κ1) is 23.1. The van der Waals surface area contributed by atoms with E-state index in [-0.39, 0.29) is 5.91 Å². The zero-order chi connectivity index (χ0) is 22.4. The average molecular weight is 444 g/mol. The van der Waals surface area contributed by atoms with Crippen molar-refractivity contribution in [2.75, 3.05) is 35.1 Å². The van der Waals surface area contributed by atoms with Crippen molar-refractivity contribution in [3.8, 4) is 0 Å². The molecule has 0 radical (unpaired) electrons. The highest BCUT2D eigenvalue weighted by molar-refractivity contribution is 7.92. The van der Waals surface area contributed by atoms with Crippen LogP contribution in [0.5, 0.6) is 0 Å². The number of benzene rings is 2. The van der Waals surface area contributed by atoms with Gasteiger partial charge in [0, 0.05) is 25.3 Å². The molecule has 1 unspecified atom stereocenters. The number of anilines is 2. The van der Waals surface area contributed by atoms with Gasteiger partial charge in [0.15, 0.2) is 0 Å². The number of carbonyl (C=O) groups excluding carboxylic acids is 1. The molecule has 0 bridgehead atoms. The van der Waals surface area contributed by atoms with E-state index in [2.05, 4.69) is 34.5 Å². The zero-order valence-electron chi connectivity index (χ0n) is 18.7. The van der Waals surface area contributed by atoms with Gasteiger partial charge in [-0.25, -0.2) is 8.42 Å². The lowest BCUT2D eigenvalue weighted by atomic mass is 10.0. The minimum Gasteiger partial charge on any atom is -0.371 e. The number of nitrogens with one attached hydrogen (secondary N) is 1. The second kappa shape index (κ2) is 10.2. The van der Waals surface area contributed by atoms with Gasteiger partial charge in [-0.15, -0.1) is 0 Å². The fourth-order valence-electron chi connectivity index (χ4n) is 4.16. The van der Waals surface area contributed by atoms with E-state index in [1.54, 1.807) is 19.1 Å². The number of hydrogen-bond donors (Lipinski definition) is 1. The summed E-state index contributed by atoms with van der Waals surface area (Å²) < 4.78 is 26.0. The van der Waals surface area contributed by atoms with E-state index in [1.165, 1.54) is 15.6 Å². The largest absolute Gasteiger partial charge is 0.371 e. The van der Waals surface area contributed by atoms with Gasteiger partial charge >= 0.3 is 0 Å². The molecule has 1 amide bonds. The maximum atomic E-state index is 12.7. The number of para-hydroxylation sites is 1. The smallest absolute Gasteiger partial charge is 0.243 e. The number of hydrogen-bond acceptors (Lipinski definition) is 4. The average Bonchev–Trinajstić information content (AvgIpc) is 2.76. The van der Waals surface area contributed by atoms with Crippen molar-refractivity contribution in [1.82, 2.24) is 5.32 Å². The van der Waals surface area contributed by atoms with Crippen molar-refractivity contribution in [2.45, 2.75) is 45.6 Å². The van der Waals surface area contributed by atoms with Crippen LogP contribution in [0.4, 0.5) is 11.4 Å². The van der Waals surface area contributed by atoms with Crippen LogP contribution in [0.2, 0.25) is 0 Å². The van der Waals surface area contributed by atoms with Crippen LogP contribution in [0.15, 0.2) is 48.5 Å². The number of nitrogens with zero attached hydrogens (tertiary/aromatic N) is 2. The van der Waals surface area contributed by atoms with Crippen molar-refractivity contribution >= 4 is 27.3 Å². The molecule has 1 heterocycles. The summed E-state index contributed by atoms with van der Waals surface area (Å²) in [6.07, 6.45) is 5.06. The first-order valence-corrected chi connectivity index (χ1v) is 12.8. The van der Waals surface area contributed by atoms with Crippen molar-refractivity contribution < 1.29 is 13.2 Å². The van der Waals surface area contributed by atoms with Gasteiger partial charge in [0.05, 0.1) is 11.9 Å². The molecule has 1 atom stereocenters. The molecule has 0 aromatic heterocycles. The lowest BCUT2D eigenvalue weighted by molar-refractivity contribution is -0.121. The maximum absolute atomic E-state index is 12.7. The summed E-state index contributed by atoms with van der Waals surface area (Å²) >= 11 is 0. The Morgan fingerprint density at radius 2 is 1.87 bits per heavy atom. The summed E-state index contributed by atoms with van der Waals surface area (Å²) in [5.74, 6) is -0.288. The molecule has 0 fully saturated rings. The van der Waals surface area contributed by atoms with Gasteiger partial charge < -0.3 is 10.2 Å². The lowest BCUT2D eigenvalue weighted by Gasteiger charge is -2.31. The Hall–Kier alpha value is -2.54. The molecule has 0 saturated heterocycles. The number of carbonyl (C=O) groups is 1. The molecular formula is C24H33N3O3S. The third-order valence-electron chi connectivity index (χ3n) is 5.80. The van der Waals surface area contributed by atoms with E-state index in [0.717, 1.165) is 50.6 Å². The highest BCUT2D eigenvalue weighted by Crippen LogP contribution is 2.26. The standard InChI is InChI=1S/C24H33N3O3S/c1-4-20-12-14-22(15-13-20)27(31(3,29)30)19(2)24(28)25-16-8-18-26-17-7-10-21-9-5-6-11-23(21)26/h5-6,9,11-15,19H,4,7-8,10,16-18H2,1-3H3,(H,25,28). The van der Waals surface area contributed by atoms with Gasteiger partial charge in [-0.1, -0.05) is 37.3 Å². The Balaban J connectivity index is 1.57. The van der Waals surface area contributed by atoms with E-state index in [0.29, 0.717) is 12.2 Å². The molecule has 1 aliphatic rings. The SMILES string of the molecule is CCc1ccc(N(C(C)C(=O)NCCCN2CCCc3ccccc32)S(C)(=O)=O)cc1. The summed E-state index contributed by atoms with van der Waals surface area (Å²) in [6, 6.07) is 15.0. The number of rotatable bonds is 9. The van der Waals surface area contributed by atoms with E-state index >= 15 is 0 Å². The molecule has 31 heavy (non-hydrogen) atoms. The second-order valence-corrected chi connectivity index (χ2v) is 9.98. The summed E-state index contributed by atoms with van der Waals surface area (Å²) in [6.45, 7) is 6.07. The normalized spacial score (nSPS) is 14.6. The summed E-state index contributed by atoms with van der Waals surface area (Å²) in [4.78, 5) is 15.1. The predicted molar refractivity (Wildman–Crippen MR) is 127 cm³/mol. The highest BCUT2D eigenvalue weighted by atomic mass is 32.2. The first-order valence-electron chi connectivity index (χ1n) is 11.0. The van der Waals surface area contributed by atoms with Crippen LogP contribution in [0, 0.1) is 0 Å². The van der Waals surface area contributed by atoms with Crippen molar-refractivity contribution in [3.05, 3.63) is 59.7 Å². The first-order chi connectivity index (χ1) is 14.8. The summed E-state index contributed by atoms with van der Waals surface area (Å²) in [5.41, 5.74) is 4.29. The molecule has 7 heteroatoms. The quantitative estimate of drug-likeness (QED) is 0.604. The molecule has 3 rings (SSSR count). The van der Waals surface area contributed by atoms with Gasteiger partial charge in [-0.2, -0.15) is 0 Å². The van der Waals surface area contributed by atoms with Crippen LogP contribution in [0.1, 0.15) is 37.8 Å². The molecule has 168 valence electrons. The van der Waals surface area contributed by atoms with Crippen LogP contribution in [-0.4, -0.2) is 46.3 Å². The van der Waals surface area contributed by atoms with Gasteiger partial charge in [-0.3, -0.25) is 9.10 Å². The molecule has 0 aliphatic carbocycles. The van der Waals surface area contributed by atoms with Crippen molar-refractivity contribution in [3.63, 3.8) is 0 Å². The van der Waals surface area contributed by atoms with E-state index in [1.807, 2.05) is 19.1 Å². The van der Waals surface area contributed by atoms with Crippen molar-refractivity contribution in [2.24, 2.45) is 0 Å². The Labute approximate surface area is 186 Å². The Morgan fingerprint density at radius 3 is 2.55 bits per heavy atom. The maximum Gasteiger partial charge on any atom is 0.243 e. The van der Waals surface area contributed by atoms with Crippen LogP contribution in [0.3, 0.4) is 0 Å². The number of amides is 1. The third kappa shape index (κ3) is 5.79. The lowest BCUT2D eigenvalue weighted by Crippen LogP contribution is -2.48. The van der Waals surface area contributed by atoms with Gasteiger partial charge in [-0.05, 0) is 61.9 Å². The van der Waals surface area contributed by atoms with Gasteiger partial charge in [0.25, 0.3) is 0 Å². The summed E-state index contributed by atoms with van der Waals surface area (Å²) in [5, 5.41) is 2.92. The number of fused-ring (bicyclic) bond motifs is 1. The van der Waals surface area contributed by atoms with Crippen LogP contribution in [-0.2, 0) is 27.7 Å². The van der Waals surface area contributed by atoms with E-state index in [9.17, 15) is 13.2 Å². The minimum atomic E-state index is -3.60. The minimum absolute atomic E-state index is 0.288. The third-order valence-corrected chi connectivity index (χ3v) is 7.04. The molecule has 6 nitrogen and oxygen atoms in total. The zero-order valence-corrected chi connectivity index (χ0v) is 19.5. The number of sulfonamides is 1. The Morgan fingerprint density at radius 1 is 1.16 bits per heavy atom. The monoisotopic (exact) mass is 443 g/mol. The molecular weight excluding hydrogens is 410 g/mol. The Bertz CT molecular complexity index is 989. The van der Waals surface area contributed by atoms with E-state index < -0.39 is 16.1 Å². The predicted octanol–water partition coefficient (Wildman–Crippen LogP) is 3.36. The molecule has 1 aliphatic heterocycles. The van der Waals surface area contributed by atoms with Gasteiger partial charge in [0.1, 0.15) is 6.04 Å². The number of aryl methyl sites for hydroxylation is 2. The molecule has 0 saturated carbocycles. The second-order valence-electron chi connectivity index (χ2n) is 8.12. The van der Waals surface area contributed by atoms with Crippen LogP contribution < -0.4 is 14.5 Å². The molecule has 0 spiro atoms. The van der Waals surface area contributed by atoms with Crippen LogP contribution in [0.25, 0.3) is 0 Å². The topological polar surface area (TPSA) is 69.7 Å². The Kier molecular flexibility index (Phi) is 7.59. The molecule has 2 aromatic rings. The fourth-order valence-corrected chi connectivity index (χ4v) is 5.34. The van der Waals surface area contributed by atoms with Gasteiger partial charge in [0.2, 0.25) is 15.9 Å². The molecule has 2 aromatic carbocycles. The summed E-state index contributed by atoms with van der Waals surface area (Å²) in [7, 11) is -3.60.